The zero-order chi connectivity index (χ0) is 19.2. The molecule has 0 saturated heterocycles. The van der Waals surface area contributed by atoms with E-state index in [0.717, 1.165) is 45.8 Å². The van der Waals surface area contributed by atoms with Crippen LogP contribution in [0.2, 0.25) is 0 Å². The Hall–Kier alpha value is -4.06. The number of hydrogen-bond donors (Lipinski definition) is 0. The molecule has 0 amide bonds. The van der Waals surface area contributed by atoms with Gasteiger partial charge in [-0.15, -0.1) is 20.4 Å². The molecule has 138 valence electrons. The molecule has 0 bridgehead atoms. The normalized spacial score (nSPS) is 12.0. The molecule has 29 heavy (non-hydrogen) atoms. The second kappa shape index (κ2) is 6.24. The second-order valence-electron chi connectivity index (χ2n) is 6.95. The maximum absolute atomic E-state index is 4.50. The van der Waals surface area contributed by atoms with Gasteiger partial charge in [0.2, 0.25) is 0 Å². The first kappa shape index (κ1) is 15.9. The summed E-state index contributed by atoms with van der Waals surface area (Å²) in [5, 5.41) is 18.0. The number of para-hydroxylation sites is 2. The van der Waals surface area contributed by atoms with Crippen LogP contribution in [0.1, 0.15) is 11.6 Å². The van der Waals surface area contributed by atoms with E-state index in [0.29, 0.717) is 6.42 Å². The Bertz CT molecular complexity index is 1220. The van der Waals surface area contributed by atoms with Crippen LogP contribution in [0.4, 0.5) is 0 Å². The minimum atomic E-state index is 0.550. The second-order valence-corrected chi connectivity index (χ2v) is 6.95. The summed E-state index contributed by atoms with van der Waals surface area (Å²) < 4.78 is 4.27. The Balaban J connectivity index is 1.63. The molecule has 0 unspecified atom stereocenters. The van der Waals surface area contributed by atoms with Crippen LogP contribution in [0.5, 0.6) is 0 Å². The highest BCUT2D eigenvalue weighted by Crippen LogP contribution is 2.33. The van der Waals surface area contributed by atoms with E-state index in [1.165, 1.54) is 0 Å². The Morgan fingerprint density at radius 1 is 0.483 bits per heavy atom. The molecule has 0 saturated carbocycles. The van der Waals surface area contributed by atoms with Crippen molar-refractivity contribution >= 4 is 0 Å². The van der Waals surface area contributed by atoms with Crippen LogP contribution in [0.25, 0.3) is 34.2 Å². The summed E-state index contributed by atoms with van der Waals surface area (Å²) >= 11 is 0. The molecule has 0 aliphatic carbocycles. The molecule has 1 aliphatic rings. The predicted octanol–water partition coefficient (Wildman–Crippen LogP) is 4.09. The first-order valence-corrected chi connectivity index (χ1v) is 9.49. The Labute approximate surface area is 167 Å². The largest absolute Gasteiger partial charge is 0.276 e. The van der Waals surface area contributed by atoms with E-state index in [-0.39, 0.29) is 0 Å². The fourth-order valence-corrected chi connectivity index (χ4v) is 3.90. The average Bonchev–Trinajstić information content (AvgIpc) is 3.37. The van der Waals surface area contributed by atoms with E-state index in [4.69, 9.17) is 0 Å². The molecule has 1 aliphatic heterocycles. The van der Waals surface area contributed by atoms with E-state index in [1.54, 1.807) is 0 Å². The lowest BCUT2D eigenvalue weighted by Gasteiger charge is -2.14. The lowest BCUT2D eigenvalue weighted by Crippen LogP contribution is -2.04. The highest BCUT2D eigenvalue weighted by atomic mass is 15.3. The van der Waals surface area contributed by atoms with Crippen LogP contribution in [0.15, 0.2) is 84.9 Å². The van der Waals surface area contributed by atoms with E-state index >= 15 is 0 Å². The summed E-state index contributed by atoms with van der Waals surface area (Å²) in [7, 11) is 0. The van der Waals surface area contributed by atoms with Gasteiger partial charge in [-0.25, -0.2) is 0 Å². The molecular formula is C23H16N6. The number of aromatic nitrogens is 6. The molecule has 0 N–H and O–H groups in total. The monoisotopic (exact) mass is 376 g/mol. The van der Waals surface area contributed by atoms with Crippen molar-refractivity contribution in [2.45, 2.75) is 6.42 Å². The zero-order valence-electron chi connectivity index (χ0n) is 15.5. The molecular weight excluding hydrogens is 360 g/mol. The maximum Gasteiger partial charge on any atom is 0.168 e. The summed E-state index contributed by atoms with van der Waals surface area (Å²) in [5.41, 5.74) is 4.09. The highest BCUT2D eigenvalue weighted by Gasteiger charge is 2.27. The third-order valence-corrected chi connectivity index (χ3v) is 5.20. The molecule has 5 aromatic rings. The maximum atomic E-state index is 4.50. The molecule has 3 heterocycles. The fraction of sp³-hybridized carbons (Fsp3) is 0.0435. The van der Waals surface area contributed by atoms with Gasteiger partial charge in [-0.3, -0.25) is 9.13 Å². The number of benzene rings is 3. The summed E-state index contributed by atoms with van der Waals surface area (Å²) in [5.74, 6) is 3.35. The summed E-state index contributed by atoms with van der Waals surface area (Å²) in [6, 6.07) is 28.6. The lowest BCUT2D eigenvalue weighted by atomic mass is 10.2. The number of hydrogen-bond acceptors (Lipinski definition) is 4. The van der Waals surface area contributed by atoms with Crippen molar-refractivity contribution in [2.75, 3.05) is 0 Å². The molecule has 0 radical (unpaired) electrons. The zero-order valence-corrected chi connectivity index (χ0v) is 15.5. The van der Waals surface area contributed by atoms with Gasteiger partial charge in [0, 0.05) is 11.1 Å². The Morgan fingerprint density at radius 3 is 1.34 bits per heavy atom. The lowest BCUT2D eigenvalue weighted by molar-refractivity contribution is 0.857. The van der Waals surface area contributed by atoms with E-state index in [2.05, 4.69) is 65.9 Å². The van der Waals surface area contributed by atoms with Gasteiger partial charge in [0.1, 0.15) is 11.6 Å². The predicted molar refractivity (Wildman–Crippen MR) is 110 cm³/mol. The quantitative estimate of drug-likeness (QED) is 0.457. The van der Waals surface area contributed by atoms with E-state index < -0.39 is 0 Å². The van der Waals surface area contributed by atoms with Crippen molar-refractivity contribution in [3.8, 4) is 34.2 Å². The average molecular weight is 376 g/mol. The Morgan fingerprint density at radius 2 is 0.897 bits per heavy atom. The van der Waals surface area contributed by atoms with Crippen molar-refractivity contribution in [3.05, 3.63) is 96.6 Å². The molecule has 6 rings (SSSR count). The summed E-state index contributed by atoms with van der Waals surface area (Å²) in [6.45, 7) is 0. The number of fused-ring (bicyclic) bond motifs is 5. The van der Waals surface area contributed by atoms with Crippen molar-refractivity contribution in [2.24, 2.45) is 0 Å². The third-order valence-electron chi connectivity index (χ3n) is 5.20. The first-order chi connectivity index (χ1) is 14.4. The smallest absolute Gasteiger partial charge is 0.168 e. The van der Waals surface area contributed by atoms with Gasteiger partial charge < -0.3 is 0 Å². The van der Waals surface area contributed by atoms with Crippen molar-refractivity contribution in [3.63, 3.8) is 0 Å². The topological polar surface area (TPSA) is 61.4 Å². The summed E-state index contributed by atoms with van der Waals surface area (Å²) in [4.78, 5) is 0. The molecule has 0 atom stereocenters. The van der Waals surface area contributed by atoms with Gasteiger partial charge in [-0.2, -0.15) is 0 Å². The molecule has 0 spiro atoms. The summed E-state index contributed by atoms with van der Waals surface area (Å²) in [6.07, 6.45) is 0.550. The van der Waals surface area contributed by atoms with Crippen LogP contribution in [-0.2, 0) is 6.42 Å². The van der Waals surface area contributed by atoms with Crippen LogP contribution in [-0.4, -0.2) is 29.5 Å². The van der Waals surface area contributed by atoms with Gasteiger partial charge in [0.15, 0.2) is 11.6 Å². The van der Waals surface area contributed by atoms with E-state index in [9.17, 15) is 0 Å². The van der Waals surface area contributed by atoms with E-state index in [1.807, 2.05) is 48.5 Å². The third kappa shape index (κ3) is 2.42. The molecule has 6 nitrogen and oxygen atoms in total. The van der Waals surface area contributed by atoms with Gasteiger partial charge in [0.05, 0.1) is 17.8 Å². The van der Waals surface area contributed by atoms with Crippen LogP contribution in [0.3, 0.4) is 0 Å². The highest BCUT2D eigenvalue weighted by molar-refractivity contribution is 5.67. The standard InChI is InChI=1S/C23H16N6/c1-3-9-16(10-4-1)22-26-24-20-15-21-25-27-23(17-11-5-2-6-12-17)29(21)19-14-8-7-13-18(19)28(20)22/h1-14H,15H2. The first-order valence-electron chi connectivity index (χ1n) is 9.49. The van der Waals surface area contributed by atoms with Gasteiger partial charge in [-0.1, -0.05) is 72.8 Å². The van der Waals surface area contributed by atoms with Crippen LogP contribution >= 0.6 is 0 Å². The molecule has 0 fully saturated rings. The van der Waals surface area contributed by atoms with Gasteiger partial charge in [0.25, 0.3) is 0 Å². The molecule has 2 aromatic heterocycles. The number of rotatable bonds is 2. The van der Waals surface area contributed by atoms with Crippen molar-refractivity contribution < 1.29 is 0 Å². The van der Waals surface area contributed by atoms with Gasteiger partial charge in [-0.05, 0) is 12.1 Å². The number of nitrogens with zero attached hydrogens (tertiary/aromatic N) is 6. The van der Waals surface area contributed by atoms with Crippen molar-refractivity contribution in [1.29, 1.82) is 0 Å². The van der Waals surface area contributed by atoms with Gasteiger partial charge >= 0.3 is 0 Å². The SMILES string of the molecule is c1ccc(-c2nnc3n2-c2ccccc2-n2c(nnc2-c2ccccc2)C3)cc1. The minimum Gasteiger partial charge on any atom is -0.276 e. The van der Waals surface area contributed by atoms with Crippen LogP contribution in [0, 0.1) is 0 Å². The van der Waals surface area contributed by atoms with Crippen molar-refractivity contribution in [1.82, 2.24) is 29.5 Å². The molecule has 3 aromatic carbocycles. The van der Waals surface area contributed by atoms with Crippen LogP contribution < -0.4 is 0 Å². The minimum absolute atomic E-state index is 0.550. The fourth-order valence-electron chi connectivity index (χ4n) is 3.90. The Kier molecular flexibility index (Phi) is 3.43. The molecule has 6 heteroatoms.